The third-order valence-corrected chi connectivity index (χ3v) is 5.06. The van der Waals surface area contributed by atoms with Crippen LogP contribution in [0.4, 0.5) is 11.4 Å². The Bertz CT molecular complexity index is 686. The number of hydrogen-bond donors (Lipinski definition) is 2. The minimum absolute atomic E-state index is 0.00665. The molecule has 0 radical (unpaired) electrons. The maximum absolute atomic E-state index is 12.5. The number of benzene rings is 1. The predicted molar refractivity (Wildman–Crippen MR) is 105 cm³/mol. The Labute approximate surface area is 160 Å². The molecule has 0 unspecified atom stereocenters. The molecule has 2 aliphatic heterocycles. The first kappa shape index (κ1) is 19.4. The zero-order valence-corrected chi connectivity index (χ0v) is 15.7. The van der Waals surface area contributed by atoms with Gasteiger partial charge in [-0.2, -0.15) is 0 Å². The maximum atomic E-state index is 12.5. The number of hydrogen-bond acceptors (Lipinski definition) is 4. The summed E-state index contributed by atoms with van der Waals surface area (Å²) in [5.41, 5.74) is 1.31. The van der Waals surface area contributed by atoms with E-state index in [0.717, 1.165) is 26.1 Å². The van der Waals surface area contributed by atoms with E-state index in [9.17, 15) is 14.4 Å². The maximum Gasteiger partial charge on any atom is 0.244 e. The molecule has 3 amide bonds. The van der Waals surface area contributed by atoms with Gasteiger partial charge in [0.05, 0.1) is 11.4 Å². The zero-order chi connectivity index (χ0) is 19.1. The summed E-state index contributed by atoms with van der Waals surface area (Å²) in [6, 6.07) is 7.20. The molecule has 146 valence electrons. The zero-order valence-electron chi connectivity index (χ0n) is 15.7. The van der Waals surface area contributed by atoms with Gasteiger partial charge in [0.15, 0.2) is 0 Å². The lowest BCUT2D eigenvalue weighted by Gasteiger charge is -2.29. The van der Waals surface area contributed by atoms with Crippen LogP contribution in [0.3, 0.4) is 0 Å². The van der Waals surface area contributed by atoms with Crippen LogP contribution in [-0.2, 0) is 14.4 Å². The van der Waals surface area contributed by atoms with Crippen molar-refractivity contribution in [3.8, 4) is 0 Å². The SMILES string of the molecule is O=C(CCC(=O)N1CC(=O)Nc2ccccc21)NCCCN1CCCCC1. The lowest BCUT2D eigenvalue weighted by atomic mass is 10.1. The first-order chi connectivity index (χ1) is 13.1. The lowest BCUT2D eigenvalue weighted by molar-refractivity contribution is -0.125. The fourth-order valence-electron chi connectivity index (χ4n) is 3.61. The highest BCUT2D eigenvalue weighted by Gasteiger charge is 2.26. The van der Waals surface area contributed by atoms with Crippen LogP contribution in [0.15, 0.2) is 24.3 Å². The van der Waals surface area contributed by atoms with Crippen LogP contribution >= 0.6 is 0 Å². The minimum Gasteiger partial charge on any atom is -0.356 e. The van der Waals surface area contributed by atoms with Gasteiger partial charge in [0, 0.05) is 19.4 Å². The highest BCUT2D eigenvalue weighted by Crippen LogP contribution is 2.29. The molecule has 1 aromatic carbocycles. The van der Waals surface area contributed by atoms with Crippen LogP contribution in [0, 0.1) is 0 Å². The number of anilines is 2. The second-order valence-electron chi connectivity index (χ2n) is 7.15. The molecule has 0 bridgehead atoms. The van der Waals surface area contributed by atoms with Crippen LogP contribution in [0.5, 0.6) is 0 Å². The van der Waals surface area contributed by atoms with E-state index >= 15 is 0 Å². The van der Waals surface area contributed by atoms with Gasteiger partial charge in [-0.15, -0.1) is 0 Å². The second-order valence-corrected chi connectivity index (χ2v) is 7.15. The average molecular weight is 372 g/mol. The number of rotatable bonds is 7. The molecular weight excluding hydrogens is 344 g/mol. The summed E-state index contributed by atoms with van der Waals surface area (Å²) in [6.07, 6.45) is 5.03. The number of carbonyl (C=O) groups excluding carboxylic acids is 3. The molecule has 2 aliphatic rings. The fraction of sp³-hybridized carbons (Fsp3) is 0.550. The van der Waals surface area contributed by atoms with E-state index in [1.54, 1.807) is 12.1 Å². The molecule has 0 aliphatic carbocycles. The molecule has 0 aromatic heterocycles. The predicted octanol–water partition coefficient (Wildman–Crippen LogP) is 1.74. The fourth-order valence-corrected chi connectivity index (χ4v) is 3.61. The van der Waals surface area contributed by atoms with Gasteiger partial charge < -0.3 is 20.4 Å². The number of nitrogens with zero attached hydrogens (tertiary/aromatic N) is 2. The summed E-state index contributed by atoms with van der Waals surface area (Å²) in [6.45, 7) is 3.96. The Morgan fingerprint density at radius 2 is 1.85 bits per heavy atom. The normalized spacial score (nSPS) is 17.2. The third-order valence-electron chi connectivity index (χ3n) is 5.06. The average Bonchev–Trinajstić information content (AvgIpc) is 2.69. The van der Waals surface area contributed by atoms with Crippen LogP contribution in [0.25, 0.3) is 0 Å². The first-order valence-electron chi connectivity index (χ1n) is 9.82. The van der Waals surface area contributed by atoms with Crippen molar-refractivity contribution in [2.24, 2.45) is 0 Å². The van der Waals surface area contributed by atoms with Gasteiger partial charge in [-0.25, -0.2) is 0 Å². The van der Waals surface area contributed by atoms with Crippen LogP contribution < -0.4 is 15.5 Å². The molecule has 3 rings (SSSR count). The topological polar surface area (TPSA) is 81.8 Å². The van der Waals surface area contributed by atoms with Crippen LogP contribution in [0.1, 0.15) is 38.5 Å². The van der Waals surface area contributed by atoms with Crippen molar-refractivity contribution in [2.75, 3.05) is 42.9 Å². The summed E-state index contributed by atoms with van der Waals surface area (Å²) in [5.74, 6) is -0.540. The van der Waals surface area contributed by atoms with Gasteiger partial charge >= 0.3 is 0 Å². The molecule has 1 fully saturated rings. The van der Waals surface area contributed by atoms with Gasteiger partial charge in [-0.3, -0.25) is 14.4 Å². The summed E-state index contributed by atoms with van der Waals surface area (Å²) in [4.78, 5) is 40.2. The largest absolute Gasteiger partial charge is 0.356 e. The summed E-state index contributed by atoms with van der Waals surface area (Å²) >= 11 is 0. The molecule has 2 N–H and O–H groups in total. The Hall–Kier alpha value is -2.41. The Balaban J connectivity index is 1.38. The molecule has 1 saturated heterocycles. The van der Waals surface area contributed by atoms with Crippen LogP contribution in [-0.4, -0.2) is 55.3 Å². The number of para-hydroxylation sites is 2. The first-order valence-corrected chi connectivity index (χ1v) is 9.82. The molecule has 0 spiro atoms. The Kier molecular flexibility index (Phi) is 6.81. The van der Waals surface area contributed by atoms with E-state index in [1.807, 2.05) is 12.1 Å². The van der Waals surface area contributed by atoms with E-state index in [-0.39, 0.29) is 37.1 Å². The van der Waals surface area contributed by atoms with Gasteiger partial charge in [0.1, 0.15) is 6.54 Å². The van der Waals surface area contributed by atoms with Crippen molar-refractivity contribution in [1.82, 2.24) is 10.2 Å². The monoisotopic (exact) mass is 372 g/mol. The summed E-state index contributed by atoms with van der Waals surface area (Å²) < 4.78 is 0. The number of likely N-dealkylation sites (tertiary alicyclic amines) is 1. The number of nitrogens with one attached hydrogen (secondary N) is 2. The summed E-state index contributed by atoms with van der Waals surface area (Å²) in [5, 5.41) is 5.65. The molecule has 27 heavy (non-hydrogen) atoms. The van der Waals surface area contributed by atoms with Crippen LogP contribution in [0.2, 0.25) is 0 Å². The smallest absolute Gasteiger partial charge is 0.244 e. The van der Waals surface area contributed by atoms with E-state index < -0.39 is 0 Å². The molecule has 7 heteroatoms. The number of amides is 3. The molecule has 0 atom stereocenters. The van der Waals surface area contributed by atoms with Crippen molar-refractivity contribution >= 4 is 29.1 Å². The molecule has 0 saturated carbocycles. The number of carbonyl (C=O) groups is 3. The van der Waals surface area contributed by atoms with Crippen molar-refractivity contribution in [1.29, 1.82) is 0 Å². The lowest BCUT2D eigenvalue weighted by Crippen LogP contribution is -2.42. The van der Waals surface area contributed by atoms with Gasteiger partial charge in [0.2, 0.25) is 17.7 Å². The summed E-state index contributed by atoms with van der Waals surface area (Å²) in [7, 11) is 0. The number of fused-ring (bicyclic) bond motifs is 1. The second kappa shape index (κ2) is 9.50. The van der Waals surface area contributed by atoms with E-state index in [2.05, 4.69) is 15.5 Å². The number of piperidine rings is 1. The molecule has 2 heterocycles. The van der Waals surface area contributed by atoms with E-state index in [0.29, 0.717) is 17.9 Å². The van der Waals surface area contributed by atoms with Crippen molar-refractivity contribution in [2.45, 2.75) is 38.5 Å². The van der Waals surface area contributed by atoms with E-state index in [1.165, 1.54) is 24.2 Å². The van der Waals surface area contributed by atoms with Crippen molar-refractivity contribution in [3.05, 3.63) is 24.3 Å². The van der Waals surface area contributed by atoms with Crippen molar-refractivity contribution < 1.29 is 14.4 Å². The minimum atomic E-state index is -0.218. The van der Waals surface area contributed by atoms with Gasteiger partial charge in [-0.05, 0) is 51.0 Å². The van der Waals surface area contributed by atoms with Crippen molar-refractivity contribution in [3.63, 3.8) is 0 Å². The standard InChI is InChI=1S/C20H28N4O3/c25-18(21-11-6-14-23-12-4-1-5-13-23)9-10-20(27)24-15-19(26)22-16-7-2-3-8-17(16)24/h2-3,7-8H,1,4-6,9-15H2,(H,21,25)(H,22,26). The quantitative estimate of drug-likeness (QED) is 0.715. The molecule has 1 aromatic rings. The Morgan fingerprint density at radius 3 is 2.67 bits per heavy atom. The van der Waals surface area contributed by atoms with Gasteiger partial charge in [0.25, 0.3) is 0 Å². The Morgan fingerprint density at radius 1 is 1.07 bits per heavy atom. The van der Waals surface area contributed by atoms with E-state index in [4.69, 9.17) is 0 Å². The molecule has 7 nitrogen and oxygen atoms in total. The highest BCUT2D eigenvalue weighted by molar-refractivity contribution is 6.10. The highest BCUT2D eigenvalue weighted by atomic mass is 16.2. The third kappa shape index (κ3) is 5.53. The van der Waals surface area contributed by atoms with Gasteiger partial charge in [-0.1, -0.05) is 18.6 Å². The molecular formula is C20H28N4O3.